The molecule has 1 heterocycles. The van der Waals surface area contributed by atoms with Crippen molar-refractivity contribution in [2.75, 3.05) is 14.2 Å². The number of methoxy groups -OCH3 is 1. The number of halogens is 1. The van der Waals surface area contributed by atoms with Crippen LogP contribution in [-0.2, 0) is 17.9 Å². The first-order chi connectivity index (χ1) is 7.77. The zero-order chi connectivity index (χ0) is 11.5. The van der Waals surface area contributed by atoms with Gasteiger partial charge in [0, 0.05) is 18.1 Å². The molecule has 16 heavy (non-hydrogen) atoms. The third-order valence-electron chi connectivity index (χ3n) is 2.48. The fourth-order valence-corrected chi connectivity index (χ4v) is 2.24. The topological polar surface area (TPSA) is 34.4 Å². The van der Waals surface area contributed by atoms with Crippen LogP contribution in [0, 0.1) is 0 Å². The molecular formula is C12H14BrNO2. The lowest BCUT2D eigenvalue weighted by atomic mass is 10.1. The van der Waals surface area contributed by atoms with Gasteiger partial charge in [-0.15, -0.1) is 0 Å². The molecule has 86 valence electrons. The molecule has 0 amide bonds. The Morgan fingerprint density at radius 2 is 2.25 bits per heavy atom. The van der Waals surface area contributed by atoms with E-state index in [9.17, 15) is 0 Å². The number of hydrogen-bond acceptors (Lipinski definition) is 3. The maximum atomic E-state index is 5.83. The van der Waals surface area contributed by atoms with E-state index in [1.165, 1.54) is 0 Å². The van der Waals surface area contributed by atoms with Gasteiger partial charge in [-0.1, -0.05) is 12.1 Å². The number of ether oxygens (including phenoxy) is 1. The van der Waals surface area contributed by atoms with Crippen molar-refractivity contribution in [3.05, 3.63) is 34.0 Å². The zero-order valence-corrected chi connectivity index (χ0v) is 10.9. The van der Waals surface area contributed by atoms with Crippen molar-refractivity contribution in [3.63, 3.8) is 0 Å². The highest BCUT2D eigenvalue weighted by atomic mass is 79.9. The molecule has 3 nitrogen and oxygen atoms in total. The van der Waals surface area contributed by atoms with Gasteiger partial charge in [0.1, 0.15) is 11.3 Å². The van der Waals surface area contributed by atoms with Crippen molar-refractivity contribution >= 4 is 26.9 Å². The van der Waals surface area contributed by atoms with Crippen molar-refractivity contribution in [2.45, 2.75) is 13.2 Å². The highest BCUT2D eigenvalue weighted by Gasteiger charge is 2.14. The van der Waals surface area contributed by atoms with E-state index in [-0.39, 0.29) is 0 Å². The second-order valence-electron chi connectivity index (χ2n) is 3.58. The molecule has 0 aliphatic heterocycles. The molecule has 1 N–H and O–H groups in total. The predicted octanol–water partition coefficient (Wildman–Crippen LogP) is 3.06. The van der Waals surface area contributed by atoms with Crippen molar-refractivity contribution in [1.29, 1.82) is 0 Å². The number of para-hydroxylation sites is 1. The summed E-state index contributed by atoms with van der Waals surface area (Å²) in [6.45, 7) is 1.28. The molecule has 0 saturated carbocycles. The van der Waals surface area contributed by atoms with E-state index in [1.54, 1.807) is 7.11 Å². The lowest BCUT2D eigenvalue weighted by Crippen LogP contribution is -2.06. The van der Waals surface area contributed by atoms with Crippen LogP contribution < -0.4 is 5.32 Å². The summed E-state index contributed by atoms with van der Waals surface area (Å²) < 4.78 is 12.0. The smallest absolute Gasteiger partial charge is 0.148 e. The third kappa shape index (κ3) is 2.00. The van der Waals surface area contributed by atoms with E-state index in [0.29, 0.717) is 13.2 Å². The molecule has 0 spiro atoms. The van der Waals surface area contributed by atoms with Gasteiger partial charge in [0.2, 0.25) is 0 Å². The maximum absolute atomic E-state index is 5.83. The van der Waals surface area contributed by atoms with Gasteiger partial charge in [-0.2, -0.15) is 0 Å². The third-order valence-corrected chi connectivity index (χ3v) is 3.10. The Bertz CT molecular complexity index is 493. The van der Waals surface area contributed by atoms with Gasteiger partial charge < -0.3 is 14.5 Å². The van der Waals surface area contributed by atoms with Gasteiger partial charge in [-0.25, -0.2) is 0 Å². The quantitative estimate of drug-likeness (QED) is 0.937. The van der Waals surface area contributed by atoms with E-state index >= 15 is 0 Å². The van der Waals surface area contributed by atoms with Crippen LogP contribution in [0.25, 0.3) is 11.0 Å². The Morgan fingerprint density at radius 3 is 2.94 bits per heavy atom. The van der Waals surface area contributed by atoms with Gasteiger partial charge in [-0.3, -0.25) is 0 Å². The normalized spacial score (nSPS) is 11.2. The summed E-state index contributed by atoms with van der Waals surface area (Å²) in [4.78, 5) is 0. The highest BCUT2D eigenvalue weighted by molar-refractivity contribution is 9.10. The van der Waals surface area contributed by atoms with Gasteiger partial charge in [-0.05, 0) is 29.0 Å². The van der Waals surface area contributed by atoms with Crippen molar-refractivity contribution in [2.24, 2.45) is 0 Å². The molecule has 0 radical (unpaired) electrons. The second-order valence-corrected chi connectivity index (χ2v) is 4.44. The Kier molecular flexibility index (Phi) is 3.63. The van der Waals surface area contributed by atoms with E-state index in [1.807, 2.05) is 19.2 Å². The molecule has 0 aliphatic rings. The van der Waals surface area contributed by atoms with Crippen LogP contribution >= 0.6 is 15.9 Å². The minimum absolute atomic E-state index is 0.570. The number of nitrogens with one attached hydrogen (secondary N) is 1. The maximum Gasteiger partial charge on any atom is 0.148 e. The number of furan rings is 1. The standard InChI is InChI=1S/C12H14BrNO2/c1-14-6-11-9(7-15-2)8-4-3-5-10(13)12(8)16-11/h3-5,14H,6-7H2,1-2H3. The van der Waals surface area contributed by atoms with Crippen LogP contribution in [0.2, 0.25) is 0 Å². The molecule has 2 rings (SSSR count). The van der Waals surface area contributed by atoms with Crippen LogP contribution in [0.15, 0.2) is 27.1 Å². The van der Waals surface area contributed by atoms with Crippen LogP contribution in [0.4, 0.5) is 0 Å². The highest BCUT2D eigenvalue weighted by Crippen LogP contribution is 2.31. The average Bonchev–Trinajstić information content (AvgIpc) is 2.61. The molecule has 0 unspecified atom stereocenters. The number of rotatable bonds is 4. The SMILES string of the molecule is CNCc1oc2c(Br)cccc2c1COC. The predicted molar refractivity (Wildman–Crippen MR) is 67.4 cm³/mol. The minimum atomic E-state index is 0.570. The van der Waals surface area contributed by atoms with Crippen LogP contribution in [0.5, 0.6) is 0 Å². The van der Waals surface area contributed by atoms with Crippen LogP contribution in [0.1, 0.15) is 11.3 Å². The molecule has 0 fully saturated rings. The summed E-state index contributed by atoms with van der Waals surface area (Å²) in [5.41, 5.74) is 2.01. The summed E-state index contributed by atoms with van der Waals surface area (Å²) in [6.07, 6.45) is 0. The van der Waals surface area contributed by atoms with Crippen molar-refractivity contribution < 1.29 is 9.15 Å². The molecular weight excluding hydrogens is 270 g/mol. The number of benzene rings is 1. The monoisotopic (exact) mass is 283 g/mol. The van der Waals surface area contributed by atoms with Crippen LogP contribution in [0.3, 0.4) is 0 Å². The average molecular weight is 284 g/mol. The van der Waals surface area contributed by atoms with Gasteiger partial charge in [0.05, 0.1) is 17.6 Å². The summed E-state index contributed by atoms with van der Waals surface area (Å²) in [5.74, 6) is 0.936. The largest absolute Gasteiger partial charge is 0.458 e. The lowest BCUT2D eigenvalue weighted by molar-refractivity contribution is 0.183. The van der Waals surface area contributed by atoms with Gasteiger partial charge >= 0.3 is 0 Å². The summed E-state index contributed by atoms with van der Waals surface area (Å²) in [5, 5.41) is 4.21. The van der Waals surface area contributed by atoms with E-state index < -0.39 is 0 Å². The van der Waals surface area contributed by atoms with Gasteiger partial charge in [0.25, 0.3) is 0 Å². The summed E-state index contributed by atoms with van der Waals surface area (Å²) >= 11 is 3.49. The van der Waals surface area contributed by atoms with E-state index in [0.717, 1.165) is 26.8 Å². The van der Waals surface area contributed by atoms with E-state index in [4.69, 9.17) is 9.15 Å². The Balaban J connectivity index is 2.60. The molecule has 4 heteroatoms. The van der Waals surface area contributed by atoms with Crippen molar-refractivity contribution in [1.82, 2.24) is 5.32 Å². The molecule has 0 saturated heterocycles. The molecule has 1 aromatic heterocycles. The second kappa shape index (κ2) is 4.99. The number of hydrogen-bond donors (Lipinski definition) is 1. The first-order valence-electron chi connectivity index (χ1n) is 5.10. The molecule has 2 aromatic rings. The van der Waals surface area contributed by atoms with E-state index in [2.05, 4.69) is 27.3 Å². The van der Waals surface area contributed by atoms with Crippen molar-refractivity contribution in [3.8, 4) is 0 Å². The summed E-state index contributed by atoms with van der Waals surface area (Å²) in [6, 6.07) is 6.03. The van der Waals surface area contributed by atoms with Gasteiger partial charge in [0.15, 0.2) is 0 Å². The summed E-state index contributed by atoms with van der Waals surface area (Å²) in [7, 11) is 3.60. The van der Waals surface area contributed by atoms with Crippen LogP contribution in [-0.4, -0.2) is 14.2 Å². The Labute approximate surface area is 103 Å². The lowest BCUT2D eigenvalue weighted by Gasteiger charge is -2.00. The minimum Gasteiger partial charge on any atom is -0.458 e. The zero-order valence-electron chi connectivity index (χ0n) is 9.34. The molecule has 0 aliphatic carbocycles. The first kappa shape index (κ1) is 11.6. The number of fused-ring (bicyclic) bond motifs is 1. The Morgan fingerprint density at radius 1 is 1.44 bits per heavy atom. The first-order valence-corrected chi connectivity index (χ1v) is 5.89. The molecule has 0 atom stereocenters. The fraction of sp³-hybridized carbons (Fsp3) is 0.333. The Hall–Kier alpha value is -0.840. The fourth-order valence-electron chi connectivity index (χ4n) is 1.79. The molecule has 0 bridgehead atoms. The molecule has 1 aromatic carbocycles.